The quantitative estimate of drug-likeness (QED) is 0.732. The number of nitrogens with two attached hydrogens (primary N) is 2. The van der Waals surface area contributed by atoms with Gasteiger partial charge in [-0.1, -0.05) is 12.2 Å². The van der Waals surface area contributed by atoms with Gasteiger partial charge in [0, 0.05) is 6.20 Å². The normalized spacial score (nSPS) is 10.9. The minimum absolute atomic E-state index is 0.593. The zero-order chi connectivity index (χ0) is 9.68. The molecule has 0 aromatic carbocycles. The predicted octanol–water partition coefficient (Wildman–Crippen LogP) is 1.33. The van der Waals surface area contributed by atoms with Crippen LogP contribution in [0, 0.1) is 6.92 Å². The number of rotatable bonds is 3. The van der Waals surface area contributed by atoms with Gasteiger partial charge < -0.3 is 11.5 Å². The molecule has 0 aliphatic heterocycles. The lowest BCUT2D eigenvalue weighted by Gasteiger charge is -1.99. The van der Waals surface area contributed by atoms with Crippen molar-refractivity contribution < 1.29 is 0 Å². The number of hydrogen-bond acceptors (Lipinski definition) is 3. The Balaban J connectivity index is 2.73. The van der Waals surface area contributed by atoms with Crippen molar-refractivity contribution in [2.75, 3.05) is 12.3 Å². The number of aromatic nitrogens is 1. The monoisotopic (exact) mass is 177 g/mol. The highest BCUT2D eigenvalue weighted by Crippen LogP contribution is 2.10. The number of anilines is 1. The summed E-state index contributed by atoms with van der Waals surface area (Å²) in [4.78, 5) is 4.05. The van der Waals surface area contributed by atoms with Crippen LogP contribution in [0.5, 0.6) is 0 Å². The molecule has 0 saturated heterocycles. The molecule has 0 fully saturated rings. The summed E-state index contributed by atoms with van der Waals surface area (Å²) < 4.78 is 0. The molecule has 1 aromatic rings. The third-order valence-corrected chi connectivity index (χ3v) is 1.78. The van der Waals surface area contributed by atoms with E-state index in [4.69, 9.17) is 11.5 Å². The highest BCUT2D eigenvalue weighted by atomic mass is 14.8. The van der Waals surface area contributed by atoms with Crippen LogP contribution in [0.4, 0.5) is 5.82 Å². The van der Waals surface area contributed by atoms with Gasteiger partial charge in [0.15, 0.2) is 0 Å². The zero-order valence-electron chi connectivity index (χ0n) is 7.83. The molecule has 1 rings (SSSR count). The first-order valence-electron chi connectivity index (χ1n) is 4.33. The molecule has 0 aliphatic rings. The van der Waals surface area contributed by atoms with Crippen LogP contribution in [0.1, 0.15) is 17.5 Å². The van der Waals surface area contributed by atoms with Gasteiger partial charge in [0.05, 0.1) is 0 Å². The topological polar surface area (TPSA) is 64.9 Å². The van der Waals surface area contributed by atoms with Crippen molar-refractivity contribution in [1.82, 2.24) is 4.98 Å². The first-order valence-corrected chi connectivity index (χ1v) is 4.33. The molecule has 0 amide bonds. The van der Waals surface area contributed by atoms with E-state index in [1.165, 1.54) is 0 Å². The summed E-state index contributed by atoms with van der Waals surface area (Å²) >= 11 is 0. The minimum atomic E-state index is 0.593. The van der Waals surface area contributed by atoms with Gasteiger partial charge in [0.25, 0.3) is 0 Å². The summed E-state index contributed by atoms with van der Waals surface area (Å²) in [6.45, 7) is 2.63. The number of nitrogens with zero attached hydrogens (tertiary/aromatic N) is 1. The highest BCUT2D eigenvalue weighted by molar-refractivity contribution is 5.52. The van der Waals surface area contributed by atoms with Crippen molar-refractivity contribution in [1.29, 1.82) is 0 Å². The van der Waals surface area contributed by atoms with E-state index in [9.17, 15) is 0 Å². The Morgan fingerprint density at radius 1 is 1.54 bits per heavy atom. The molecule has 0 radical (unpaired) electrons. The first-order chi connectivity index (χ1) is 6.24. The Morgan fingerprint density at radius 2 is 2.31 bits per heavy atom. The predicted molar refractivity (Wildman–Crippen MR) is 56.1 cm³/mol. The average molecular weight is 177 g/mol. The molecule has 1 heterocycles. The van der Waals surface area contributed by atoms with E-state index < -0.39 is 0 Å². The van der Waals surface area contributed by atoms with E-state index in [1.807, 2.05) is 25.1 Å². The number of nitrogen functional groups attached to an aromatic ring is 1. The first kappa shape index (κ1) is 9.74. The van der Waals surface area contributed by atoms with Crippen molar-refractivity contribution >= 4 is 11.9 Å². The van der Waals surface area contributed by atoms with Crippen LogP contribution in [0.25, 0.3) is 6.08 Å². The summed E-state index contributed by atoms with van der Waals surface area (Å²) in [5.74, 6) is 0.593. The van der Waals surface area contributed by atoms with E-state index >= 15 is 0 Å². The summed E-state index contributed by atoms with van der Waals surface area (Å²) in [5.41, 5.74) is 13.0. The molecule has 4 N–H and O–H groups in total. The fourth-order valence-corrected chi connectivity index (χ4v) is 1.01. The van der Waals surface area contributed by atoms with E-state index in [0.29, 0.717) is 12.4 Å². The lowest BCUT2D eigenvalue weighted by molar-refractivity contribution is 1.01. The molecule has 0 unspecified atom stereocenters. The summed E-state index contributed by atoms with van der Waals surface area (Å²) in [5, 5.41) is 0. The van der Waals surface area contributed by atoms with E-state index in [2.05, 4.69) is 4.98 Å². The maximum atomic E-state index is 5.59. The van der Waals surface area contributed by atoms with Crippen LogP contribution in [-0.4, -0.2) is 11.5 Å². The van der Waals surface area contributed by atoms with Crippen LogP contribution in [0.3, 0.4) is 0 Å². The molecule has 1 aromatic heterocycles. The zero-order valence-corrected chi connectivity index (χ0v) is 7.83. The van der Waals surface area contributed by atoms with Gasteiger partial charge in [-0.25, -0.2) is 4.98 Å². The number of hydrogen-bond donors (Lipinski definition) is 2. The van der Waals surface area contributed by atoms with Crippen LogP contribution in [-0.2, 0) is 0 Å². The van der Waals surface area contributed by atoms with E-state index in [0.717, 1.165) is 17.5 Å². The smallest absolute Gasteiger partial charge is 0.126 e. The largest absolute Gasteiger partial charge is 0.383 e. The van der Waals surface area contributed by atoms with Gasteiger partial charge in [0.1, 0.15) is 5.82 Å². The summed E-state index contributed by atoms with van der Waals surface area (Å²) in [6, 6.07) is 2.01. The Bertz CT molecular complexity index is 305. The highest BCUT2D eigenvalue weighted by Gasteiger charge is 1.93. The molecular formula is C10H15N3. The van der Waals surface area contributed by atoms with Crippen molar-refractivity contribution in [2.24, 2.45) is 5.73 Å². The second-order valence-corrected chi connectivity index (χ2v) is 2.95. The number of pyridine rings is 1. The Kier molecular flexibility index (Phi) is 3.46. The summed E-state index contributed by atoms with van der Waals surface area (Å²) in [6.07, 6.45) is 6.69. The van der Waals surface area contributed by atoms with Crippen molar-refractivity contribution in [3.8, 4) is 0 Å². The lowest BCUT2D eigenvalue weighted by atomic mass is 10.2. The fraction of sp³-hybridized carbons (Fsp3) is 0.300. The number of aryl methyl sites for hydroxylation is 1. The van der Waals surface area contributed by atoms with Gasteiger partial charge in [-0.15, -0.1) is 0 Å². The van der Waals surface area contributed by atoms with Crippen molar-refractivity contribution in [2.45, 2.75) is 13.3 Å². The van der Waals surface area contributed by atoms with E-state index in [-0.39, 0.29) is 0 Å². The average Bonchev–Trinajstić information content (AvgIpc) is 2.12. The van der Waals surface area contributed by atoms with Crippen molar-refractivity contribution in [3.05, 3.63) is 29.5 Å². The lowest BCUT2D eigenvalue weighted by Crippen LogP contribution is -1.95. The van der Waals surface area contributed by atoms with Gasteiger partial charge in [-0.3, -0.25) is 0 Å². The fourth-order valence-electron chi connectivity index (χ4n) is 1.01. The van der Waals surface area contributed by atoms with Gasteiger partial charge in [0.2, 0.25) is 0 Å². The second kappa shape index (κ2) is 4.62. The molecule has 0 spiro atoms. The Hall–Kier alpha value is -1.35. The molecule has 13 heavy (non-hydrogen) atoms. The van der Waals surface area contributed by atoms with Gasteiger partial charge in [-0.05, 0) is 37.1 Å². The van der Waals surface area contributed by atoms with Crippen molar-refractivity contribution in [3.63, 3.8) is 0 Å². The molecule has 3 heteroatoms. The summed E-state index contributed by atoms with van der Waals surface area (Å²) in [7, 11) is 0. The molecule has 0 saturated carbocycles. The third kappa shape index (κ3) is 2.87. The van der Waals surface area contributed by atoms with Gasteiger partial charge in [-0.2, -0.15) is 0 Å². The van der Waals surface area contributed by atoms with Crippen LogP contribution >= 0.6 is 0 Å². The maximum Gasteiger partial charge on any atom is 0.126 e. The minimum Gasteiger partial charge on any atom is -0.383 e. The molecule has 0 atom stereocenters. The van der Waals surface area contributed by atoms with Crippen LogP contribution in [0.15, 0.2) is 18.3 Å². The second-order valence-electron chi connectivity index (χ2n) is 2.95. The Morgan fingerprint density at radius 3 is 2.92 bits per heavy atom. The standard InChI is InChI=1S/C10H15N3/c1-8-6-9(4-2-3-5-11)7-13-10(8)12/h2,4,6-7H,3,5,11H2,1H3,(H2,12,13). The van der Waals surface area contributed by atoms with Crippen LogP contribution < -0.4 is 11.5 Å². The van der Waals surface area contributed by atoms with Crippen LogP contribution in [0.2, 0.25) is 0 Å². The molecule has 0 aliphatic carbocycles. The third-order valence-electron chi connectivity index (χ3n) is 1.78. The molecular weight excluding hydrogens is 162 g/mol. The molecule has 0 bridgehead atoms. The molecule has 3 nitrogen and oxygen atoms in total. The van der Waals surface area contributed by atoms with Gasteiger partial charge >= 0.3 is 0 Å². The SMILES string of the molecule is Cc1cc(C=CCCN)cnc1N. The van der Waals surface area contributed by atoms with E-state index in [1.54, 1.807) is 6.20 Å². The molecule has 70 valence electrons. The maximum absolute atomic E-state index is 5.59. The Labute approximate surface area is 78.5 Å².